The number of nitrogens with zero attached hydrogens (tertiary/aromatic N) is 2. The van der Waals surface area contributed by atoms with Gasteiger partial charge in [-0.05, 0) is 63.8 Å². The predicted molar refractivity (Wildman–Crippen MR) is 242 cm³/mol. The minimum absolute atomic E-state index is 0.00681. The molecule has 2 unspecified atom stereocenters. The molecule has 2 fully saturated rings. The van der Waals surface area contributed by atoms with E-state index in [0.717, 1.165) is 116 Å². The summed E-state index contributed by atoms with van der Waals surface area (Å²) in [6, 6.07) is 0. The number of hydrogen-bond donors (Lipinski definition) is 0. The zero-order chi connectivity index (χ0) is 41.9. The molecule has 8 nitrogen and oxygen atoms in total. The van der Waals surface area contributed by atoms with Gasteiger partial charge < -0.3 is 28.7 Å². The Morgan fingerprint density at radius 2 is 0.983 bits per heavy atom. The Balaban J connectivity index is 1.63. The van der Waals surface area contributed by atoms with Gasteiger partial charge in [0.25, 0.3) is 0 Å². The van der Waals surface area contributed by atoms with Gasteiger partial charge in [-0.25, -0.2) is 0 Å². The highest BCUT2D eigenvalue weighted by Crippen LogP contribution is 2.36. The summed E-state index contributed by atoms with van der Waals surface area (Å²) < 4.78 is 24.6. The second kappa shape index (κ2) is 35.4. The molecule has 342 valence electrons. The Kier molecular flexibility index (Phi) is 32.3. The fraction of sp³-hybridized carbons (Fsp3) is 0.960. The van der Waals surface area contributed by atoms with Gasteiger partial charge in [0.15, 0.2) is 5.79 Å². The van der Waals surface area contributed by atoms with Gasteiger partial charge in [-0.2, -0.15) is 0 Å². The van der Waals surface area contributed by atoms with Crippen LogP contribution in [0.4, 0.5) is 0 Å². The van der Waals surface area contributed by atoms with Crippen LogP contribution in [0.25, 0.3) is 0 Å². The molecule has 0 aromatic heterocycles. The van der Waals surface area contributed by atoms with Crippen LogP contribution in [0.5, 0.6) is 0 Å². The standard InChI is InChI=1S/C50H96N2O6/c1-6-10-26-45(27-11-7-2)33-42-55-48(53)30-22-18-15-14-16-20-24-35-50(57-44-47(58-50)32-37-52-40-38-51(5)39-41-52)36-25-21-17-19-23-31-49(54)56-43-34-46(28-12-8-3)29-13-9-4/h45-47H,6-44H2,1-5H3. The van der Waals surface area contributed by atoms with Gasteiger partial charge in [0.1, 0.15) is 0 Å². The number of carbonyl (C=O) groups is 2. The van der Waals surface area contributed by atoms with Gasteiger partial charge in [-0.15, -0.1) is 0 Å². The maximum atomic E-state index is 12.4. The maximum absolute atomic E-state index is 12.4. The number of esters is 2. The zero-order valence-electron chi connectivity index (χ0n) is 39.2. The van der Waals surface area contributed by atoms with E-state index in [0.29, 0.717) is 44.5 Å². The fourth-order valence-corrected chi connectivity index (χ4v) is 8.95. The molecule has 0 amide bonds. The van der Waals surface area contributed by atoms with Crippen molar-refractivity contribution in [2.45, 2.75) is 239 Å². The molecule has 8 heteroatoms. The van der Waals surface area contributed by atoms with Gasteiger partial charge in [0, 0.05) is 58.4 Å². The number of likely N-dealkylation sites (N-methyl/N-ethyl adjacent to an activating group) is 1. The normalized spacial score (nSPS) is 19.1. The number of rotatable bonds is 39. The summed E-state index contributed by atoms with van der Waals surface area (Å²) in [6.07, 6.45) is 34.9. The first-order valence-electron chi connectivity index (χ1n) is 25.4. The minimum Gasteiger partial charge on any atom is -0.466 e. The van der Waals surface area contributed by atoms with Crippen molar-refractivity contribution in [1.82, 2.24) is 9.80 Å². The van der Waals surface area contributed by atoms with Crippen molar-refractivity contribution in [2.75, 3.05) is 59.6 Å². The second-order valence-corrected chi connectivity index (χ2v) is 18.5. The Morgan fingerprint density at radius 1 is 0.569 bits per heavy atom. The van der Waals surface area contributed by atoms with Crippen molar-refractivity contribution in [1.29, 1.82) is 0 Å². The van der Waals surface area contributed by atoms with E-state index in [1.165, 1.54) is 103 Å². The highest BCUT2D eigenvalue weighted by molar-refractivity contribution is 5.69. The first kappa shape index (κ1) is 52.9. The average Bonchev–Trinajstić information content (AvgIpc) is 3.63. The lowest BCUT2D eigenvalue weighted by Gasteiger charge is -2.33. The summed E-state index contributed by atoms with van der Waals surface area (Å²) in [4.78, 5) is 29.7. The molecular formula is C50H96N2O6. The Morgan fingerprint density at radius 3 is 1.41 bits per heavy atom. The summed E-state index contributed by atoms with van der Waals surface area (Å²) in [5.74, 6) is 0.955. The van der Waals surface area contributed by atoms with Gasteiger partial charge in [-0.3, -0.25) is 9.59 Å². The van der Waals surface area contributed by atoms with E-state index in [-0.39, 0.29) is 18.0 Å². The van der Waals surface area contributed by atoms with E-state index in [1.807, 2.05) is 0 Å². The Bertz CT molecular complexity index is 958. The third-order valence-corrected chi connectivity index (χ3v) is 13.1. The van der Waals surface area contributed by atoms with Gasteiger partial charge >= 0.3 is 11.9 Å². The van der Waals surface area contributed by atoms with Crippen molar-refractivity contribution in [3.05, 3.63) is 0 Å². The molecule has 0 bridgehead atoms. The number of ether oxygens (including phenoxy) is 4. The SMILES string of the molecule is CCCCC(CCCC)CCOC(=O)CCCCCCCCCC1(CCCCCCCC(=O)OCCC(CCCC)CCCC)OCC(CCN2CCN(C)CC2)O1. The molecule has 2 saturated heterocycles. The molecule has 0 saturated carbocycles. The third kappa shape index (κ3) is 26.9. The number of carbonyl (C=O) groups excluding carboxylic acids is 2. The highest BCUT2D eigenvalue weighted by Gasteiger charge is 2.40. The number of unbranched alkanes of at least 4 members (excludes halogenated alkanes) is 14. The molecule has 0 N–H and O–H groups in total. The van der Waals surface area contributed by atoms with Crippen molar-refractivity contribution < 1.29 is 28.5 Å². The van der Waals surface area contributed by atoms with Gasteiger partial charge in [0.2, 0.25) is 0 Å². The molecule has 0 aliphatic carbocycles. The lowest BCUT2D eigenvalue weighted by atomic mass is 9.93. The molecule has 0 radical (unpaired) electrons. The summed E-state index contributed by atoms with van der Waals surface area (Å²) in [5.41, 5.74) is 0. The van der Waals surface area contributed by atoms with Crippen LogP contribution in [-0.2, 0) is 28.5 Å². The zero-order valence-corrected chi connectivity index (χ0v) is 39.2. The molecule has 2 rings (SSSR count). The maximum Gasteiger partial charge on any atom is 0.305 e. The van der Waals surface area contributed by atoms with Crippen LogP contribution in [0.1, 0.15) is 227 Å². The van der Waals surface area contributed by atoms with Crippen LogP contribution in [0.2, 0.25) is 0 Å². The summed E-state index contributed by atoms with van der Waals surface area (Å²) >= 11 is 0. The molecule has 2 atom stereocenters. The molecular weight excluding hydrogens is 725 g/mol. The van der Waals surface area contributed by atoms with Gasteiger partial charge in [0.05, 0.1) is 25.9 Å². The average molecular weight is 821 g/mol. The number of hydrogen-bond acceptors (Lipinski definition) is 8. The number of piperazine rings is 1. The summed E-state index contributed by atoms with van der Waals surface area (Å²) in [6.45, 7) is 16.6. The van der Waals surface area contributed by atoms with E-state index in [2.05, 4.69) is 44.5 Å². The monoisotopic (exact) mass is 821 g/mol. The van der Waals surface area contributed by atoms with Crippen molar-refractivity contribution in [2.24, 2.45) is 11.8 Å². The van der Waals surface area contributed by atoms with E-state index in [4.69, 9.17) is 18.9 Å². The third-order valence-electron chi connectivity index (χ3n) is 13.1. The predicted octanol–water partition coefficient (Wildman–Crippen LogP) is 12.8. The van der Waals surface area contributed by atoms with Crippen LogP contribution in [-0.4, -0.2) is 93.2 Å². The van der Waals surface area contributed by atoms with Crippen molar-refractivity contribution in [3.63, 3.8) is 0 Å². The van der Waals surface area contributed by atoms with Crippen LogP contribution in [0, 0.1) is 11.8 Å². The smallest absolute Gasteiger partial charge is 0.305 e. The molecule has 58 heavy (non-hydrogen) atoms. The van der Waals surface area contributed by atoms with Crippen molar-refractivity contribution in [3.8, 4) is 0 Å². The lowest BCUT2D eigenvalue weighted by Crippen LogP contribution is -2.45. The fourth-order valence-electron chi connectivity index (χ4n) is 8.95. The molecule has 0 spiro atoms. The second-order valence-electron chi connectivity index (χ2n) is 18.5. The topological polar surface area (TPSA) is 77.5 Å². The van der Waals surface area contributed by atoms with E-state index in [9.17, 15) is 9.59 Å². The first-order chi connectivity index (χ1) is 28.3. The molecule has 2 heterocycles. The largest absolute Gasteiger partial charge is 0.466 e. The summed E-state index contributed by atoms with van der Waals surface area (Å²) in [5, 5.41) is 0. The van der Waals surface area contributed by atoms with E-state index in [1.54, 1.807) is 0 Å². The molecule has 2 aliphatic rings. The Labute approximate surface area is 359 Å². The van der Waals surface area contributed by atoms with E-state index >= 15 is 0 Å². The quantitative estimate of drug-likeness (QED) is 0.0448. The summed E-state index contributed by atoms with van der Waals surface area (Å²) in [7, 11) is 2.21. The Hall–Kier alpha value is -1.22. The van der Waals surface area contributed by atoms with Crippen molar-refractivity contribution >= 4 is 11.9 Å². The van der Waals surface area contributed by atoms with Crippen LogP contribution >= 0.6 is 0 Å². The van der Waals surface area contributed by atoms with Crippen LogP contribution in [0.15, 0.2) is 0 Å². The van der Waals surface area contributed by atoms with Crippen LogP contribution < -0.4 is 0 Å². The highest BCUT2D eigenvalue weighted by atomic mass is 16.7. The molecule has 0 aromatic rings. The molecule has 2 aliphatic heterocycles. The molecule has 0 aromatic carbocycles. The van der Waals surface area contributed by atoms with Gasteiger partial charge in [-0.1, -0.05) is 156 Å². The van der Waals surface area contributed by atoms with Crippen LogP contribution in [0.3, 0.4) is 0 Å². The van der Waals surface area contributed by atoms with E-state index < -0.39 is 5.79 Å². The first-order valence-corrected chi connectivity index (χ1v) is 25.4. The minimum atomic E-state index is -0.435. The lowest BCUT2D eigenvalue weighted by molar-refractivity contribution is -0.180.